The predicted octanol–water partition coefficient (Wildman–Crippen LogP) is 0.595. The summed E-state index contributed by atoms with van der Waals surface area (Å²) in [5, 5.41) is 8.80. The number of piperidine rings is 1. The molecule has 18 heavy (non-hydrogen) atoms. The van der Waals surface area contributed by atoms with Crippen LogP contribution in [0.1, 0.15) is 39.0 Å². The predicted molar refractivity (Wildman–Crippen MR) is 70.4 cm³/mol. The van der Waals surface area contributed by atoms with Crippen molar-refractivity contribution in [3.63, 3.8) is 0 Å². The summed E-state index contributed by atoms with van der Waals surface area (Å²) in [5.41, 5.74) is 10.4. The first-order valence-electron chi connectivity index (χ1n) is 6.66. The van der Waals surface area contributed by atoms with Gasteiger partial charge in [-0.05, 0) is 52.1 Å². The van der Waals surface area contributed by atoms with Gasteiger partial charge in [0, 0.05) is 6.54 Å². The standard InChI is InChI=1S/C13H24N4O/c1-13(16,10-14)6-2-3-7-17-8-4-5-11(9-17)12(15)18/h11H,2-9,16H2,1H3,(H2,15,18). The van der Waals surface area contributed by atoms with Gasteiger partial charge >= 0.3 is 0 Å². The number of carbonyl (C=O) groups excluding carboxylic acids is 1. The van der Waals surface area contributed by atoms with Crippen LogP contribution in [-0.2, 0) is 4.79 Å². The fraction of sp³-hybridized carbons (Fsp3) is 0.846. The van der Waals surface area contributed by atoms with Crippen LogP contribution < -0.4 is 11.5 Å². The summed E-state index contributed by atoms with van der Waals surface area (Å²) >= 11 is 0. The van der Waals surface area contributed by atoms with E-state index in [2.05, 4.69) is 11.0 Å². The third-order valence-electron chi connectivity index (χ3n) is 3.58. The zero-order chi connectivity index (χ0) is 13.6. The van der Waals surface area contributed by atoms with Crippen molar-refractivity contribution in [3.8, 4) is 6.07 Å². The molecule has 0 spiro atoms. The van der Waals surface area contributed by atoms with Gasteiger partial charge in [-0.15, -0.1) is 0 Å². The normalized spacial score (nSPS) is 24.2. The van der Waals surface area contributed by atoms with E-state index in [9.17, 15) is 4.79 Å². The SMILES string of the molecule is CC(N)(C#N)CCCCN1CCCC(C(N)=O)C1. The molecule has 2 atom stereocenters. The summed E-state index contributed by atoms with van der Waals surface area (Å²) in [6.45, 7) is 4.55. The smallest absolute Gasteiger partial charge is 0.221 e. The zero-order valence-corrected chi connectivity index (χ0v) is 11.2. The Balaban J connectivity index is 2.20. The number of hydrogen-bond donors (Lipinski definition) is 2. The molecule has 1 rings (SSSR count). The van der Waals surface area contributed by atoms with Crippen molar-refractivity contribution >= 4 is 5.91 Å². The fourth-order valence-electron chi connectivity index (χ4n) is 2.37. The van der Waals surface area contributed by atoms with Gasteiger partial charge in [0.25, 0.3) is 0 Å². The first-order chi connectivity index (χ1) is 8.44. The van der Waals surface area contributed by atoms with E-state index in [1.807, 2.05) is 0 Å². The van der Waals surface area contributed by atoms with Crippen LogP contribution in [-0.4, -0.2) is 36.0 Å². The minimum absolute atomic E-state index is 0.0117. The van der Waals surface area contributed by atoms with Crippen molar-refractivity contribution in [1.82, 2.24) is 4.90 Å². The molecule has 1 fully saturated rings. The average molecular weight is 252 g/mol. The van der Waals surface area contributed by atoms with Crippen LogP contribution in [0, 0.1) is 17.2 Å². The Hall–Kier alpha value is -1.12. The molecular formula is C13H24N4O. The van der Waals surface area contributed by atoms with E-state index in [1.165, 1.54) is 0 Å². The molecule has 0 aromatic rings. The van der Waals surface area contributed by atoms with Crippen molar-refractivity contribution in [3.05, 3.63) is 0 Å². The molecule has 1 heterocycles. The highest BCUT2D eigenvalue weighted by molar-refractivity contribution is 5.76. The Kier molecular flexibility index (Phi) is 5.57. The minimum Gasteiger partial charge on any atom is -0.369 e. The van der Waals surface area contributed by atoms with Gasteiger partial charge in [0.2, 0.25) is 5.91 Å². The van der Waals surface area contributed by atoms with Crippen molar-refractivity contribution < 1.29 is 4.79 Å². The summed E-state index contributed by atoms with van der Waals surface area (Å²) in [6.07, 6.45) is 4.64. The Morgan fingerprint density at radius 1 is 1.56 bits per heavy atom. The Bertz CT molecular complexity index is 321. The van der Waals surface area contributed by atoms with Gasteiger partial charge in [-0.1, -0.05) is 0 Å². The van der Waals surface area contributed by atoms with Gasteiger partial charge < -0.3 is 16.4 Å². The molecule has 1 amide bonds. The van der Waals surface area contributed by atoms with Crippen LogP contribution in [0.4, 0.5) is 0 Å². The van der Waals surface area contributed by atoms with Crippen LogP contribution in [0.2, 0.25) is 0 Å². The first-order valence-corrected chi connectivity index (χ1v) is 6.66. The second-order valence-corrected chi connectivity index (χ2v) is 5.53. The molecule has 1 saturated heterocycles. The number of likely N-dealkylation sites (tertiary alicyclic amines) is 1. The maximum Gasteiger partial charge on any atom is 0.221 e. The van der Waals surface area contributed by atoms with E-state index in [0.717, 1.165) is 51.7 Å². The molecule has 5 nitrogen and oxygen atoms in total. The summed E-state index contributed by atoms with van der Waals surface area (Å²) < 4.78 is 0. The van der Waals surface area contributed by atoms with Crippen LogP contribution in [0.3, 0.4) is 0 Å². The molecule has 102 valence electrons. The lowest BCUT2D eigenvalue weighted by Crippen LogP contribution is -2.41. The highest BCUT2D eigenvalue weighted by Crippen LogP contribution is 2.17. The van der Waals surface area contributed by atoms with Crippen molar-refractivity contribution in [2.45, 2.75) is 44.6 Å². The van der Waals surface area contributed by atoms with Crippen LogP contribution in [0.15, 0.2) is 0 Å². The van der Waals surface area contributed by atoms with Crippen LogP contribution in [0.5, 0.6) is 0 Å². The number of amides is 1. The number of nitrogens with two attached hydrogens (primary N) is 2. The zero-order valence-electron chi connectivity index (χ0n) is 11.2. The summed E-state index contributed by atoms with van der Waals surface area (Å²) in [7, 11) is 0. The Morgan fingerprint density at radius 3 is 2.89 bits per heavy atom. The van der Waals surface area contributed by atoms with Gasteiger partial charge in [0.15, 0.2) is 0 Å². The lowest BCUT2D eigenvalue weighted by atomic mass is 9.96. The van der Waals surface area contributed by atoms with E-state index in [-0.39, 0.29) is 11.8 Å². The third-order valence-corrected chi connectivity index (χ3v) is 3.58. The number of nitriles is 1. The lowest BCUT2D eigenvalue weighted by Gasteiger charge is -2.31. The molecule has 0 saturated carbocycles. The maximum atomic E-state index is 11.1. The highest BCUT2D eigenvalue weighted by atomic mass is 16.1. The number of rotatable bonds is 6. The molecule has 2 unspecified atom stereocenters. The van der Waals surface area contributed by atoms with Crippen LogP contribution >= 0.6 is 0 Å². The molecule has 0 radical (unpaired) electrons. The van der Waals surface area contributed by atoms with Crippen molar-refractivity contribution in [2.75, 3.05) is 19.6 Å². The largest absolute Gasteiger partial charge is 0.369 e. The van der Waals surface area contributed by atoms with Crippen molar-refractivity contribution in [2.24, 2.45) is 17.4 Å². The van der Waals surface area contributed by atoms with E-state index in [0.29, 0.717) is 0 Å². The molecule has 1 aliphatic heterocycles. The molecule has 0 aromatic carbocycles. The lowest BCUT2D eigenvalue weighted by molar-refractivity contribution is -0.123. The van der Waals surface area contributed by atoms with Gasteiger partial charge in [-0.3, -0.25) is 4.79 Å². The third kappa shape index (κ3) is 5.03. The Labute approximate surface area is 109 Å². The number of nitrogens with zero attached hydrogens (tertiary/aromatic N) is 2. The summed E-state index contributed by atoms with van der Waals surface area (Å²) in [6, 6.07) is 2.10. The number of hydrogen-bond acceptors (Lipinski definition) is 4. The quantitative estimate of drug-likeness (QED) is 0.676. The Morgan fingerprint density at radius 2 is 2.28 bits per heavy atom. The van der Waals surface area contributed by atoms with Gasteiger partial charge in [0.05, 0.1) is 12.0 Å². The highest BCUT2D eigenvalue weighted by Gasteiger charge is 2.23. The van der Waals surface area contributed by atoms with Gasteiger partial charge in [-0.25, -0.2) is 0 Å². The summed E-state index contributed by atoms with van der Waals surface area (Å²) in [4.78, 5) is 13.4. The fourth-order valence-corrected chi connectivity index (χ4v) is 2.37. The molecular weight excluding hydrogens is 228 g/mol. The van der Waals surface area contributed by atoms with Crippen molar-refractivity contribution in [1.29, 1.82) is 5.26 Å². The van der Waals surface area contributed by atoms with E-state index >= 15 is 0 Å². The van der Waals surface area contributed by atoms with Crippen LogP contribution in [0.25, 0.3) is 0 Å². The molecule has 0 aromatic heterocycles. The van der Waals surface area contributed by atoms with E-state index < -0.39 is 5.54 Å². The van der Waals surface area contributed by atoms with E-state index in [1.54, 1.807) is 6.92 Å². The minimum atomic E-state index is -0.711. The van der Waals surface area contributed by atoms with Gasteiger partial charge in [-0.2, -0.15) is 5.26 Å². The molecule has 5 heteroatoms. The molecule has 1 aliphatic rings. The average Bonchev–Trinajstić information content (AvgIpc) is 2.35. The second kappa shape index (κ2) is 6.72. The van der Waals surface area contributed by atoms with Gasteiger partial charge in [0.1, 0.15) is 5.54 Å². The molecule has 4 N–H and O–H groups in total. The maximum absolute atomic E-state index is 11.1. The second-order valence-electron chi connectivity index (χ2n) is 5.53. The number of unbranched alkanes of at least 4 members (excludes halogenated alkanes) is 1. The topological polar surface area (TPSA) is 96.1 Å². The number of primary amides is 1. The molecule has 0 aliphatic carbocycles. The van der Waals surface area contributed by atoms with E-state index in [4.69, 9.17) is 16.7 Å². The monoisotopic (exact) mass is 252 g/mol. The number of carbonyl (C=O) groups is 1. The molecule has 0 bridgehead atoms. The summed E-state index contributed by atoms with van der Waals surface area (Å²) in [5.74, 6) is -0.170. The first kappa shape index (κ1) is 14.9.